The van der Waals surface area contributed by atoms with E-state index < -0.39 is 6.61 Å². The standard InChI is InChI=1S/C22H19F2NO4S/c1-27-17-7-6-13(10-18(17)29-22(23)24)8-9-25-21(26)19-11-14-12-28-16-5-3-2-4-15(16)20(14)30-19/h2-7,10-11,22H,8-9,12H2,1H3,(H,25,26). The summed E-state index contributed by atoms with van der Waals surface area (Å²) >= 11 is 1.43. The number of thiophene rings is 1. The van der Waals surface area contributed by atoms with Gasteiger partial charge in [0.2, 0.25) is 0 Å². The Labute approximate surface area is 176 Å². The van der Waals surface area contributed by atoms with Crippen molar-refractivity contribution in [1.82, 2.24) is 5.32 Å². The van der Waals surface area contributed by atoms with Crippen LogP contribution in [0.1, 0.15) is 20.8 Å². The Bertz CT molecular complexity index is 1070. The first-order valence-corrected chi connectivity index (χ1v) is 10.1. The van der Waals surface area contributed by atoms with Gasteiger partial charge >= 0.3 is 6.61 Å². The lowest BCUT2D eigenvalue weighted by Gasteiger charge is -2.16. The van der Waals surface area contributed by atoms with Gasteiger partial charge in [-0.05, 0) is 42.3 Å². The summed E-state index contributed by atoms with van der Waals surface area (Å²) in [6.45, 7) is -2.14. The van der Waals surface area contributed by atoms with Gasteiger partial charge in [0, 0.05) is 22.5 Å². The van der Waals surface area contributed by atoms with E-state index in [4.69, 9.17) is 9.47 Å². The van der Waals surface area contributed by atoms with E-state index in [1.165, 1.54) is 24.5 Å². The average molecular weight is 431 g/mol. The third kappa shape index (κ3) is 4.23. The summed E-state index contributed by atoms with van der Waals surface area (Å²) in [6, 6.07) is 14.4. The molecule has 156 valence electrons. The molecule has 3 aromatic rings. The zero-order valence-corrected chi connectivity index (χ0v) is 16.9. The number of alkyl halides is 2. The number of carbonyl (C=O) groups excluding carboxylic acids is 1. The number of hydrogen-bond acceptors (Lipinski definition) is 5. The highest BCUT2D eigenvalue weighted by Crippen LogP contribution is 2.42. The summed E-state index contributed by atoms with van der Waals surface area (Å²) in [7, 11) is 1.39. The van der Waals surface area contributed by atoms with E-state index in [1.54, 1.807) is 12.1 Å². The number of methoxy groups -OCH3 is 1. The molecule has 0 radical (unpaired) electrons. The highest BCUT2D eigenvalue weighted by Gasteiger charge is 2.22. The Kier molecular flexibility index (Phi) is 5.85. The van der Waals surface area contributed by atoms with Crippen LogP contribution in [0.2, 0.25) is 0 Å². The molecule has 0 spiro atoms. The molecule has 2 aromatic carbocycles. The van der Waals surface area contributed by atoms with Crippen LogP contribution in [0.4, 0.5) is 8.78 Å². The van der Waals surface area contributed by atoms with Crippen molar-refractivity contribution in [3.8, 4) is 27.7 Å². The summed E-state index contributed by atoms with van der Waals surface area (Å²) in [5, 5.41) is 2.88. The van der Waals surface area contributed by atoms with Crippen LogP contribution in [0.25, 0.3) is 10.4 Å². The molecule has 0 saturated carbocycles. The summed E-state index contributed by atoms with van der Waals surface area (Å²) < 4.78 is 40.4. The van der Waals surface area contributed by atoms with Crippen molar-refractivity contribution in [3.05, 3.63) is 64.5 Å². The number of hydrogen-bond donors (Lipinski definition) is 1. The molecular weight excluding hydrogens is 412 g/mol. The van der Waals surface area contributed by atoms with E-state index in [0.717, 1.165) is 27.3 Å². The van der Waals surface area contributed by atoms with E-state index in [1.807, 2.05) is 30.3 Å². The summed E-state index contributed by atoms with van der Waals surface area (Å²) in [4.78, 5) is 14.2. The lowest BCUT2D eigenvalue weighted by atomic mass is 10.1. The smallest absolute Gasteiger partial charge is 0.387 e. The highest BCUT2D eigenvalue weighted by atomic mass is 32.1. The van der Waals surface area contributed by atoms with Crippen molar-refractivity contribution in [3.63, 3.8) is 0 Å². The quantitative estimate of drug-likeness (QED) is 0.579. The van der Waals surface area contributed by atoms with Crippen molar-refractivity contribution in [1.29, 1.82) is 0 Å². The summed E-state index contributed by atoms with van der Waals surface area (Å²) in [5.74, 6) is 0.847. The maximum absolute atomic E-state index is 12.6. The second kappa shape index (κ2) is 8.71. The molecule has 8 heteroatoms. The fourth-order valence-electron chi connectivity index (χ4n) is 3.28. The van der Waals surface area contributed by atoms with E-state index in [0.29, 0.717) is 24.4 Å². The minimum absolute atomic E-state index is 0.0269. The molecular formula is C22H19F2NO4S. The normalized spacial score (nSPS) is 12.0. The van der Waals surface area contributed by atoms with Crippen molar-refractivity contribution >= 4 is 17.2 Å². The molecule has 4 rings (SSSR count). The van der Waals surface area contributed by atoms with Crippen LogP contribution < -0.4 is 19.5 Å². The van der Waals surface area contributed by atoms with Crippen LogP contribution in [0.3, 0.4) is 0 Å². The molecule has 0 aliphatic carbocycles. The third-order valence-electron chi connectivity index (χ3n) is 4.69. The first kappa shape index (κ1) is 20.2. The number of para-hydroxylation sites is 1. The Morgan fingerprint density at radius 1 is 1.20 bits per heavy atom. The van der Waals surface area contributed by atoms with Crippen LogP contribution in [0, 0.1) is 0 Å². The minimum Gasteiger partial charge on any atom is -0.493 e. The van der Waals surface area contributed by atoms with Crippen LogP contribution in [0.5, 0.6) is 17.2 Å². The number of amides is 1. The Balaban J connectivity index is 1.40. The van der Waals surface area contributed by atoms with Gasteiger partial charge in [-0.1, -0.05) is 18.2 Å². The van der Waals surface area contributed by atoms with Crippen molar-refractivity contribution in [2.24, 2.45) is 0 Å². The molecule has 2 heterocycles. The zero-order chi connectivity index (χ0) is 21.1. The lowest BCUT2D eigenvalue weighted by Crippen LogP contribution is -2.24. The second-order valence-corrected chi connectivity index (χ2v) is 7.67. The first-order chi connectivity index (χ1) is 14.5. The molecule has 0 unspecified atom stereocenters. The van der Waals surface area contributed by atoms with E-state index >= 15 is 0 Å². The van der Waals surface area contributed by atoms with Crippen molar-refractivity contribution in [2.45, 2.75) is 19.6 Å². The number of rotatable bonds is 7. The van der Waals surface area contributed by atoms with Gasteiger partial charge in [-0.3, -0.25) is 4.79 Å². The van der Waals surface area contributed by atoms with Gasteiger partial charge in [0.15, 0.2) is 11.5 Å². The number of carbonyl (C=O) groups is 1. The van der Waals surface area contributed by atoms with Gasteiger partial charge in [0.1, 0.15) is 12.4 Å². The maximum atomic E-state index is 12.6. The highest BCUT2D eigenvalue weighted by molar-refractivity contribution is 7.17. The third-order valence-corrected chi connectivity index (χ3v) is 5.90. The first-order valence-electron chi connectivity index (χ1n) is 9.30. The van der Waals surface area contributed by atoms with Crippen LogP contribution in [-0.4, -0.2) is 26.2 Å². The average Bonchev–Trinajstić information content (AvgIpc) is 3.18. The van der Waals surface area contributed by atoms with E-state index in [9.17, 15) is 13.6 Å². The molecule has 1 aliphatic heterocycles. The van der Waals surface area contributed by atoms with Gasteiger partial charge in [0.25, 0.3) is 5.91 Å². The summed E-state index contributed by atoms with van der Waals surface area (Å²) in [5.41, 5.74) is 2.74. The predicted molar refractivity (Wildman–Crippen MR) is 110 cm³/mol. The Hall–Kier alpha value is -3.13. The number of fused-ring (bicyclic) bond motifs is 3. The van der Waals surface area contributed by atoms with Crippen LogP contribution >= 0.6 is 11.3 Å². The second-order valence-electron chi connectivity index (χ2n) is 6.62. The molecule has 0 saturated heterocycles. The number of halogens is 2. The van der Waals surface area contributed by atoms with Gasteiger partial charge in [0.05, 0.1) is 12.0 Å². The topological polar surface area (TPSA) is 56.8 Å². The van der Waals surface area contributed by atoms with Gasteiger partial charge < -0.3 is 19.5 Å². The predicted octanol–water partition coefficient (Wildman–Crippen LogP) is 4.89. The lowest BCUT2D eigenvalue weighted by molar-refractivity contribution is -0.0512. The Morgan fingerprint density at radius 2 is 2.03 bits per heavy atom. The minimum atomic E-state index is -2.94. The molecule has 1 aromatic heterocycles. The fourth-order valence-corrected chi connectivity index (χ4v) is 4.40. The van der Waals surface area contributed by atoms with Crippen LogP contribution in [0.15, 0.2) is 48.5 Å². The van der Waals surface area contributed by atoms with Gasteiger partial charge in [-0.15, -0.1) is 11.3 Å². The maximum Gasteiger partial charge on any atom is 0.387 e. The molecule has 1 amide bonds. The Morgan fingerprint density at radius 3 is 2.83 bits per heavy atom. The largest absolute Gasteiger partial charge is 0.493 e. The molecule has 1 N–H and O–H groups in total. The van der Waals surface area contributed by atoms with E-state index in [2.05, 4.69) is 10.1 Å². The van der Waals surface area contributed by atoms with Crippen molar-refractivity contribution < 1.29 is 27.8 Å². The number of nitrogens with one attached hydrogen (secondary N) is 1. The SMILES string of the molecule is COc1ccc(CCNC(=O)c2cc3c(s2)-c2ccccc2OC3)cc1OC(F)F. The number of benzene rings is 2. The molecule has 30 heavy (non-hydrogen) atoms. The fraction of sp³-hybridized carbons (Fsp3) is 0.227. The zero-order valence-electron chi connectivity index (χ0n) is 16.1. The molecule has 1 aliphatic rings. The molecule has 0 fully saturated rings. The van der Waals surface area contributed by atoms with E-state index in [-0.39, 0.29) is 17.4 Å². The number of ether oxygens (including phenoxy) is 3. The molecule has 5 nitrogen and oxygen atoms in total. The van der Waals surface area contributed by atoms with Gasteiger partial charge in [-0.2, -0.15) is 8.78 Å². The van der Waals surface area contributed by atoms with Crippen LogP contribution in [-0.2, 0) is 13.0 Å². The van der Waals surface area contributed by atoms with Gasteiger partial charge in [-0.25, -0.2) is 0 Å². The molecule has 0 bridgehead atoms. The summed E-state index contributed by atoms with van der Waals surface area (Å²) in [6.07, 6.45) is 0.465. The monoisotopic (exact) mass is 431 g/mol. The molecule has 0 atom stereocenters. The van der Waals surface area contributed by atoms with Crippen molar-refractivity contribution in [2.75, 3.05) is 13.7 Å².